The average molecular weight is 297 g/mol. The molecular weight excluding hydrogens is 280 g/mol. The maximum absolute atomic E-state index is 5.87. The lowest BCUT2D eigenvalue weighted by molar-refractivity contribution is 0.0304. The van der Waals surface area contributed by atoms with Crippen LogP contribution in [-0.4, -0.2) is 25.3 Å². The molecule has 2 N–H and O–H groups in total. The first-order chi connectivity index (χ1) is 8.28. The largest absolute Gasteiger partial charge is 0.371 e. The first-order valence-electron chi connectivity index (χ1n) is 6.16. The Morgan fingerprint density at radius 3 is 2.65 bits per heavy atom. The van der Waals surface area contributed by atoms with Gasteiger partial charge < -0.3 is 15.4 Å². The molecule has 2 unspecified atom stereocenters. The zero-order chi connectivity index (χ0) is 11.8. The molecule has 0 amide bonds. The first kappa shape index (κ1) is 11.5. The van der Waals surface area contributed by atoms with E-state index < -0.39 is 0 Å². The van der Waals surface area contributed by atoms with Gasteiger partial charge in [-0.3, -0.25) is 0 Å². The van der Waals surface area contributed by atoms with Crippen molar-refractivity contribution in [3.8, 4) is 0 Å². The Morgan fingerprint density at radius 1 is 1.29 bits per heavy atom. The normalized spacial score (nSPS) is 27.5. The Labute approximate surface area is 110 Å². The van der Waals surface area contributed by atoms with Gasteiger partial charge >= 0.3 is 0 Å². The number of hydrogen-bond donors (Lipinski definition) is 1. The SMILES string of the molecule is NCc1c(Br)cccc1N1CC2CCC(C1)O2. The molecule has 0 saturated carbocycles. The second-order valence-corrected chi connectivity index (χ2v) is 5.66. The molecule has 17 heavy (non-hydrogen) atoms. The number of fused-ring (bicyclic) bond motifs is 2. The number of nitrogens with zero attached hydrogens (tertiary/aromatic N) is 1. The van der Waals surface area contributed by atoms with Crippen molar-refractivity contribution in [2.45, 2.75) is 31.6 Å². The van der Waals surface area contributed by atoms with Crippen LogP contribution in [0, 0.1) is 0 Å². The van der Waals surface area contributed by atoms with E-state index in [1.165, 1.54) is 24.1 Å². The van der Waals surface area contributed by atoms with Gasteiger partial charge in [0.05, 0.1) is 12.2 Å². The monoisotopic (exact) mass is 296 g/mol. The van der Waals surface area contributed by atoms with Crippen molar-refractivity contribution in [2.75, 3.05) is 18.0 Å². The smallest absolute Gasteiger partial charge is 0.0755 e. The van der Waals surface area contributed by atoms with Crippen molar-refractivity contribution < 1.29 is 4.74 Å². The molecule has 1 aromatic rings. The standard InChI is InChI=1S/C13H17BrN2O/c14-12-2-1-3-13(11(12)6-15)16-7-9-4-5-10(8-16)17-9/h1-3,9-10H,4-8,15H2. The Bertz CT molecular complexity index is 412. The third-order valence-corrected chi connectivity index (χ3v) is 4.43. The van der Waals surface area contributed by atoms with Crippen molar-refractivity contribution in [2.24, 2.45) is 5.73 Å². The summed E-state index contributed by atoms with van der Waals surface area (Å²) < 4.78 is 6.98. The molecule has 0 spiro atoms. The van der Waals surface area contributed by atoms with Gasteiger partial charge in [0.15, 0.2) is 0 Å². The van der Waals surface area contributed by atoms with Crippen LogP contribution < -0.4 is 10.6 Å². The average Bonchev–Trinajstić information content (AvgIpc) is 2.68. The lowest BCUT2D eigenvalue weighted by atomic mass is 10.1. The van der Waals surface area contributed by atoms with E-state index in [1.54, 1.807) is 0 Å². The quantitative estimate of drug-likeness (QED) is 0.910. The van der Waals surface area contributed by atoms with Crippen LogP contribution in [-0.2, 0) is 11.3 Å². The van der Waals surface area contributed by atoms with Crippen molar-refractivity contribution in [3.05, 3.63) is 28.2 Å². The number of hydrogen-bond acceptors (Lipinski definition) is 3. The molecule has 2 aliphatic rings. The highest BCUT2D eigenvalue weighted by Crippen LogP contribution is 2.33. The highest BCUT2D eigenvalue weighted by atomic mass is 79.9. The van der Waals surface area contributed by atoms with E-state index in [4.69, 9.17) is 10.5 Å². The zero-order valence-electron chi connectivity index (χ0n) is 9.73. The predicted octanol–water partition coefficient (Wildman–Crippen LogP) is 2.28. The van der Waals surface area contributed by atoms with E-state index in [0.717, 1.165) is 17.6 Å². The van der Waals surface area contributed by atoms with E-state index in [-0.39, 0.29) is 0 Å². The van der Waals surface area contributed by atoms with Crippen LogP contribution in [0.3, 0.4) is 0 Å². The van der Waals surface area contributed by atoms with Crippen molar-refractivity contribution in [3.63, 3.8) is 0 Å². The minimum atomic E-state index is 0.415. The number of benzene rings is 1. The van der Waals surface area contributed by atoms with Gasteiger partial charge in [-0.2, -0.15) is 0 Å². The zero-order valence-corrected chi connectivity index (χ0v) is 11.3. The van der Waals surface area contributed by atoms with Crippen molar-refractivity contribution in [1.82, 2.24) is 0 Å². The molecular formula is C13H17BrN2O. The molecule has 2 heterocycles. The molecule has 0 aromatic heterocycles. The molecule has 92 valence electrons. The summed E-state index contributed by atoms with van der Waals surface area (Å²) in [4.78, 5) is 2.43. The Balaban J connectivity index is 1.91. The van der Waals surface area contributed by atoms with Gasteiger partial charge in [0.1, 0.15) is 0 Å². The summed E-state index contributed by atoms with van der Waals surface area (Å²) in [5, 5.41) is 0. The predicted molar refractivity (Wildman–Crippen MR) is 72.1 cm³/mol. The number of morpholine rings is 1. The van der Waals surface area contributed by atoms with E-state index in [0.29, 0.717) is 18.8 Å². The molecule has 2 saturated heterocycles. The number of anilines is 1. The van der Waals surface area contributed by atoms with Crippen LogP contribution in [0.1, 0.15) is 18.4 Å². The molecule has 2 bridgehead atoms. The van der Waals surface area contributed by atoms with Gasteiger partial charge in [-0.05, 0) is 25.0 Å². The molecule has 2 aliphatic heterocycles. The fraction of sp³-hybridized carbons (Fsp3) is 0.538. The fourth-order valence-corrected chi connectivity index (χ4v) is 3.37. The van der Waals surface area contributed by atoms with Crippen LogP contribution in [0.4, 0.5) is 5.69 Å². The van der Waals surface area contributed by atoms with Crippen LogP contribution in [0.15, 0.2) is 22.7 Å². The second-order valence-electron chi connectivity index (χ2n) is 4.80. The third-order valence-electron chi connectivity index (χ3n) is 3.68. The Kier molecular flexibility index (Phi) is 3.11. The van der Waals surface area contributed by atoms with Crippen LogP contribution in [0.25, 0.3) is 0 Å². The number of nitrogens with two attached hydrogens (primary N) is 1. The molecule has 2 atom stereocenters. The summed E-state index contributed by atoms with van der Waals surface area (Å²) in [6.45, 7) is 2.57. The lowest BCUT2D eigenvalue weighted by Gasteiger charge is -2.35. The summed E-state index contributed by atoms with van der Waals surface area (Å²) in [6, 6.07) is 6.30. The maximum Gasteiger partial charge on any atom is 0.0755 e. The minimum absolute atomic E-state index is 0.415. The lowest BCUT2D eigenvalue weighted by Crippen LogP contribution is -2.43. The van der Waals surface area contributed by atoms with Gasteiger partial charge in [-0.1, -0.05) is 22.0 Å². The molecule has 2 fully saturated rings. The van der Waals surface area contributed by atoms with Gasteiger partial charge in [-0.15, -0.1) is 0 Å². The Morgan fingerprint density at radius 2 is 2.00 bits per heavy atom. The van der Waals surface area contributed by atoms with Gasteiger partial charge in [-0.25, -0.2) is 0 Å². The van der Waals surface area contributed by atoms with Gasteiger partial charge in [0.25, 0.3) is 0 Å². The molecule has 0 aliphatic carbocycles. The highest BCUT2D eigenvalue weighted by molar-refractivity contribution is 9.10. The van der Waals surface area contributed by atoms with E-state index in [9.17, 15) is 0 Å². The van der Waals surface area contributed by atoms with E-state index >= 15 is 0 Å². The van der Waals surface area contributed by atoms with Crippen molar-refractivity contribution in [1.29, 1.82) is 0 Å². The minimum Gasteiger partial charge on any atom is -0.371 e. The van der Waals surface area contributed by atoms with E-state index in [2.05, 4.69) is 39.0 Å². The molecule has 0 radical (unpaired) electrons. The van der Waals surface area contributed by atoms with Gasteiger partial charge in [0, 0.05) is 35.4 Å². The van der Waals surface area contributed by atoms with Crippen LogP contribution in [0.5, 0.6) is 0 Å². The summed E-state index contributed by atoms with van der Waals surface area (Å²) in [5.41, 5.74) is 8.32. The van der Waals surface area contributed by atoms with Gasteiger partial charge in [0.2, 0.25) is 0 Å². The van der Waals surface area contributed by atoms with Crippen LogP contribution >= 0.6 is 15.9 Å². The third kappa shape index (κ3) is 2.09. The summed E-state index contributed by atoms with van der Waals surface area (Å²) in [5.74, 6) is 0. The van der Waals surface area contributed by atoms with Crippen LogP contribution in [0.2, 0.25) is 0 Å². The molecule has 4 heteroatoms. The maximum atomic E-state index is 5.87. The van der Waals surface area contributed by atoms with E-state index in [1.807, 2.05) is 0 Å². The molecule has 1 aromatic carbocycles. The highest BCUT2D eigenvalue weighted by Gasteiger charge is 2.34. The summed E-state index contributed by atoms with van der Waals surface area (Å²) >= 11 is 3.58. The number of ether oxygens (including phenoxy) is 1. The molecule has 3 rings (SSSR count). The summed E-state index contributed by atoms with van der Waals surface area (Å²) in [7, 11) is 0. The Hall–Kier alpha value is -0.580. The van der Waals surface area contributed by atoms with Crippen molar-refractivity contribution >= 4 is 21.6 Å². The number of rotatable bonds is 2. The topological polar surface area (TPSA) is 38.5 Å². The summed E-state index contributed by atoms with van der Waals surface area (Å²) in [6.07, 6.45) is 3.23. The fourth-order valence-electron chi connectivity index (χ4n) is 2.86. The first-order valence-corrected chi connectivity index (χ1v) is 6.95. The molecule has 3 nitrogen and oxygen atoms in total. The number of halogens is 1. The second kappa shape index (κ2) is 4.59.